The molecule has 0 unspecified atom stereocenters. The van der Waals surface area contributed by atoms with Crippen molar-refractivity contribution in [3.8, 4) is 0 Å². The van der Waals surface area contributed by atoms with E-state index in [4.69, 9.17) is 9.97 Å². The fourth-order valence-corrected chi connectivity index (χ4v) is 4.09. The van der Waals surface area contributed by atoms with Crippen molar-refractivity contribution in [3.05, 3.63) is 54.4 Å². The van der Waals surface area contributed by atoms with Gasteiger partial charge in [-0.1, -0.05) is 18.2 Å². The van der Waals surface area contributed by atoms with Crippen molar-refractivity contribution in [2.45, 2.75) is 13.0 Å². The molecule has 138 valence electrons. The van der Waals surface area contributed by atoms with Gasteiger partial charge in [-0.25, -0.2) is 15.0 Å². The van der Waals surface area contributed by atoms with E-state index in [2.05, 4.69) is 38.7 Å². The normalized spacial score (nSPS) is 18.7. The Balaban J connectivity index is 1.21. The molecule has 6 nitrogen and oxygen atoms in total. The van der Waals surface area contributed by atoms with Gasteiger partial charge in [0.15, 0.2) is 5.82 Å². The number of piperazine rings is 1. The summed E-state index contributed by atoms with van der Waals surface area (Å²) in [6.07, 6.45) is 1.87. The number of para-hydroxylation sites is 2. The molecule has 1 aromatic carbocycles. The molecule has 0 N–H and O–H groups in total. The van der Waals surface area contributed by atoms with Crippen LogP contribution in [0.4, 0.5) is 11.6 Å². The molecular formula is C21H24N6. The quantitative estimate of drug-likeness (QED) is 0.715. The van der Waals surface area contributed by atoms with E-state index in [1.54, 1.807) is 0 Å². The first-order valence-corrected chi connectivity index (χ1v) is 9.66. The second kappa shape index (κ2) is 6.78. The summed E-state index contributed by atoms with van der Waals surface area (Å²) in [4.78, 5) is 21.4. The number of nitrogens with zero attached hydrogens (tertiary/aromatic N) is 6. The van der Waals surface area contributed by atoms with Gasteiger partial charge in [-0.15, -0.1) is 0 Å². The molecule has 2 fully saturated rings. The van der Waals surface area contributed by atoms with Gasteiger partial charge in [0.2, 0.25) is 0 Å². The van der Waals surface area contributed by atoms with Gasteiger partial charge < -0.3 is 9.80 Å². The smallest absolute Gasteiger partial charge is 0.150 e. The van der Waals surface area contributed by atoms with Gasteiger partial charge >= 0.3 is 0 Å². The average Bonchev–Trinajstić information content (AvgIpc) is 2.68. The van der Waals surface area contributed by atoms with E-state index in [0.29, 0.717) is 6.04 Å². The first-order chi connectivity index (χ1) is 13.3. The Hall–Kier alpha value is -2.73. The minimum Gasteiger partial charge on any atom is -0.354 e. The van der Waals surface area contributed by atoms with E-state index < -0.39 is 0 Å². The first kappa shape index (κ1) is 16.4. The summed E-state index contributed by atoms with van der Waals surface area (Å²) in [7, 11) is 0. The summed E-state index contributed by atoms with van der Waals surface area (Å²) < 4.78 is 0. The van der Waals surface area contributed by atoms with Gasteiger partial charge in [0.1, 0.15) is 5.82 Å². The second-order valence-electron chi connectivity index (χ2n) is 7.39. The van der Waals surface area contributed by atoms with Crippen molar-refractivity contribution in [1.29, 1.82) is 0 Å². The summed E-state index contributed by atoms with van der Waals surface area (Å²) in [6.45, 7) is 8.42. The number of hydrogen-bond acceptors (Lipinski definition) is 6. The van der Waals surface area contributed by atoms with Crippen molar-refractivity contribution in [1.82, 2.24) is 19.9 Å². The number of anilines is 2. The number of aromatic nitrogens is 3. The standard InChI is InChI=1S/C21H24N6/c1-16-21(24-19-7-3-2-6-18(19)23-16)27-14-17(15-27)25-10-12-26(13-11-25)20-8-4-5-9-22-20/h2-9,17H,10-15H2,1H3. The highest BCUT2D eigenvalue weighted by atomic mass is 15.4. The van der Waals surface area contributed by atoms with E-state index >= 15 is 0 Å². The SMILES string of the molecule is Cc1nc2ccccc2nc1N1CC(N2CCN(c3ccccn3)CC2)C1. The minimum atomic E-state index is 0.614. The van der Waals surface area contributed by atoms with E-state index in [0.717, 1.165) is 67.6 Å². The van der Waals surface area contributed by atoms with Gasteiger partial charge in [-0.2, -0.15) is 0 Å². The summed E-state index contributed by atoms with van der Waals surface area (Å²) in [5.74, 6) is 2.13. The molecule has 2 saturated heterocycles. The maximum absolute atomic E-state index is 4.86. The van der Waals surface area contributed by atoms with Crippen LogP contribution in [0.25, 0.3) is 11.0 Å². The lowest BCUT2D eigenvalue weighted by molar-refractivity contribution is 0.156. The monoisotopic (exact) mass is 360 g/mol. The van der Waals surface area contributed by atoms with E-state index in [-0.39, 0.29) is 0 Å². The predicted molar refractivity (Wildman–Crippen MR) is 108 cm³/mol. The summed E-state index contributed by atoms with van der Waals surface area (Å²) in [6, 6.07) is 14.9. The number of aryl methyl sites for hydroxylation is 1. The van der Waals surface area contributed by atoms with Crippen molar-refractivity contribution >= 4 is 22.7 Å². The molecule has 0 amide bonds. The van der Waals surface area contributed by atoms with Crippen LogP contribution in [0.2, 0.25) is 0 Å². The Morgan fingerprint density at radius 1 is 0.815 bits per heavy atom. The summed E-state index contributed by atoms with van der Waals surface area (Å²) in [5.41, 5.74) is 2.97. The van der Waals surface area contributed by atoms with E-state index in [1.165, 1.54) is 0 Å². The van der Waals surface area contributed by atoms with Crippen LogP contribution in [0.5, 0.6) is 0 Å². The van der Waals surface area contributed by atoms with Crippen LogP contribution < -0.4 is 9.80 Å². The molecule has 0 bridgehead atoms. The predicted octanol–water partition coefficient (Wildman–Crippen LogP) is 2.34. The molecule has 2 aromatic heterocycles. The average molecular weight is 360 g/mol. The molecule has 4 heterocycles. The van der Waals surface area contributed by atoms with E-state index in [9.17, 15) is 0 Å². The Bertz CT molecular complexity index is 930. The molecule has 3 aromatic rings. The molecule has 0 radical (unpaired) electrons. The van der Waals surface area contributed by atoms with Crippen LogP contribution in [-0.4, -0.2) is 65.2 Å². The van der Waals surface area contributed by atoms with Crippen LogP contribution in [0.15, 0.2) is 48.7 Å². The first-order valence-electron chi connectivity index (χ1n) is 9.66. The number of hydrogen-bond donors (Lipinski definition) is 0. The largest absolute Gasteiger partial charge is 0.354 e. The highest BCUT2D eigenvalue weighted by molar-refractivity contribution is 5.76. The zero-order valence-corrected chi connectivity index (χ0v) is 15.6. The zero-order valence-electron chi connectivity index (χ0n) is 15.6. The molecule has 5 rings (SSSR count). The van der Waals surface area contributed by atoms with Crippen molar-refractivity contribution in [2.24, 2.45) is 0 Å². The molecule has 6 heteroatoms. The summed E-state index contributed by atoms with van der Waals surface area (Å²) >= 11 is 0. The number of benzene rings is 1. The van der Waals surface area contributed by atoms with Gasteiger partial charge in [0.05, 0.1) is 16.7 Å². The fraction of sp³-hybridized carbons (Fsp3) is 0.381. The highest BCUT2D eigenvalue weighted by Crippen LogP contribution is 2.27. The third-order valence-corrected chi connectivity index (χ3v) is 5.69. The Morgan fingerprint density at radius 2 is 1.52 bits per heavy atom. The van der Waals surface area contributed by atoms with Crippen molar-refractivity contribution < 1.29 is 0 Å². The van der Waals surface area contributed by atoms with Crippen molar-refractivity contribution in [2.75, 3.05) is 49.1 Å². The molecule has 0 aliphatic carbocycles. The van der Waals surface area contributed by atoms with Crippen LogP contribution in [0.3, 0.4) is 0 Å². The molecule has 2 aliphatic heterocycles. The molecule has 0 spiro atoms. The van der Waals surface area contributed by atoms with Crippen LogP contribution in [0, 0.1) is 6.92 Å². The second-order valence-corrected chi connectivity index (χ2v) is 7.39. The molecule has 2 aliphatic rings. The third-order valence-electron chi connectivity index (χ3n) is 5.69. The van der Waals surface area contributed by atoms with Crippen LogP contribution >= 0.6 is 0 Å². The van der Waals surface area contributed by atoms with Gasteiger partial charge in [-0.3, -0.25) is 4.90 Å². The van der Waals surface area contributed by atoms with Gasteiger partial charge in [0, 0.05) is 51.5 Å². The number of fused-ring (bicyclic) bond motifs is 1. The maximum Gasteiger partial charge on any atom is 0.150 e. The Kier molecular flexibility index (Phi) is 4.13. The lowest BCUT2D eigenvalue weighted by Crippen LogP contribution is -2.63. The molecular weight excluding hydrogens is 336 g/mol. The van der Waals surface area contributed by atoms with Gasteiger partial charge in [0.25, 0.3) is 0 Å². The Morgan fingerprint density at radius 3 is 2.22 bits per heavy atom. The lowest BCUT2D eigenvalue weighted by atomic mass is 10.1. The van der Waals surface area contributed by atoms with E-state index in [1.807, 2.05) is 36.5 Å². The van der Waals surface area contributed by atoms with Crippen molar-refractivity contribution in [3.63, 3.8) is 0 Å². The van der Waals surface area contributed by atoms with Crippen LogP contribution in [0.1, 0.15) is 5.69 Å². The molecule has 0 atom stereocenters. The molecule has 0 saturated carbocycles. The van der Waals surface area contributed by atoms with Crippen LogP contribution in [-0.2, 0) is 0 Å². The zero-order chi connectivity index (χ0) is 18.2. The Labute approximate surface area is 159 Å². The summed E-state index contributed by atoms with van der Waals surface area (Å²) in [5, 5.41) is 0. The minimum absolute atomic E-state index is 0.614. The third kappa shape index (κ3) is 3.10. The van der Waals surface area contributed by atoms with Gasteiger partial charge in [-0.05, 0) is 31.2 Å². The topological polar surface area (TPSA) is 48.4 Å². The lowest BCUT2D eigenvalue weighted by Gasteiger charge is -2.49. The highest BCUT2D eigenvalue weighted by Gasteiger charge is 2.35. The fourth-order valence-electron chi connectivity index (χ4n) is 4.09. The maximum atomic E-state index is 4.86. The number of pyridine rings is 1. The molecule has 27 heavy (non-hydrogen) atoms. The number of rotatable bonds is 3.